The fourth-order valence-corrected chi connectivity index (χ4v) is 7.25. The second-order valence-corrected chi connectivity index (χ2v) is 13.5. The van der Waals surface area contributed by atoms with Crippen molar-refractivity contribution in [2.24, 2.45) is 0 Å². The van der Waals surface area contributed by atoms with Crippen LogP contribution in [0.1, 0.15) is 30.9 Å². The van der Waals surface area contributed by atoms with Crippen LogP contribution in [0.4, 0.5) is 17.6 Å². The molecule has 0 amide bonds. The molecule has 7 rings (SSSR count). The molecule has 0 aliphatic carbocycles. The largest absolute Gasteiger partial charge is 0.381 e. The standard InChI is InChI=1S/C27H29N7O3S2/c1-39(35,36)20-4-2-3-17(9-20)26-30-22-12-24(29-14-23(22)38-26)32-25-11-21(16-5-7-37-8-6-16)31-27(33-25)34-15-18-10-19(34)13-28-18/h2-4,9,11-12,14,16,18-19,28H,5-8,10,13,15H2,1H3,(H,29,31,32,33)/t18-,19-/m0/s1. The Balaban J connectivity index is 1.20. The first-order chi connectivity index (χ1) is 18.9. The normalized spacial score (nSPS) is 21.6. The van der Waals surface area contributed by atoms with E-state index in [9.17, 15) is 8.42 Å². The summed E-state index contributed by atoms with van der Waals surface area (Å²) in [5.41, 5.74) is 2.60. The number of anilines is 3. The van der Waals surface area contributed by atoms with Gasteiger partial charge in [0.05, 0.1) is 20.8 Å². The number of nitrogens with one attached hydrogen (secondary N) is 2. The molecule has 2 atom stereocenters. The summed E-state index contributed by atoms with van der Waals surface area (Å²) in [6.07, 6.45) is 6.05. The van der Waals surface area contributed by atoms with Crippen LogP contribution < -0.4 is 15.5 Å². The first kappa shape index (κ1) is 24.8. The number of hydrogen-bond acceptors (Lipinski definition) is 11. The number of ether oxygens (including phenoxy) is 1. The first-order valence-electron chi connectivity index (χ1n) is 13.2. The van der Waals surface area contributed by atoms with E-state index < -0.39 is 9.84 Å². The van der Waals surface area contributed by atoms with Gasteiger partial charge in [0.25, 0.3) is 0 Å². The predicted octanol–water partition coefficient (Wildman–Crippen LogP) is 3.74. The Hall–Kier alpha value is -3.19. The molecule has 39 heavy (non-hydrogen) atoms. The molecule has 3 aliphatic rings. The summed E-state index contributed by atoms with van der Waals surface area (Å²) >= 11 is 1.49. The van der Waals surface area contributed by atoms with Gasteiger partial charge in [0.1, 0.15) is 16.6 Å². The molecule has 2 N–H and O–H groups in total. The second kappa shape index (κ2) is 9.77. The molecule has 1 aromatic carbocycles. The van der Waals surface area contributed by atoms with E-state index in [1.807, 2.05) is 18.2 Å². The molecule has 10 nitrogen and oxygen atoms in total. The Bertz CT molecular complexity index is 1650. The number of benzene rings is 1. The quantitative estimate of drug-likeness (QED) is 0.359. The van der Waals surface area contributed by atoms with Crippen LogP contribution in [-0.2, 0) is 14.6 Å². The third-order valence-electron chi connectivity index (χ3n) is 7.73. The van der Waals surface area contributed by atoms with E-state index in [1.165, 1.54) is 17.6 Å². The van der Waals surface area contributed by atoms with Gasteiger partial charge in [-0.1, -0.05) is 12.1 Å². The number of thiazole rings is 1. The maximum absolute atomic E-state index is 12.0. The third kappa shape index (κ3) is 4.97. The summed E-state index contributed by atoms with van der Waals surface area (Å²) in [5.74, 6) is 2.49. The monoisotopic (exact) mass is 563 g/mol. The Labute approximate surface area is 230 Å². The lowest BCUT2D eigenvalue weighted by atomic mass is 9.96. The van der Waals surface area contributed by atoms with Crippen molar-refractivity contribution < 1.29 is 13.2 Å². The molecule has 12 heteroatoms. The Morgan fingerprint density at radius 2 is 1.97 bits per heavy atom. The highest BCUT2D eigenvalue weighted by molar-refractivity contribution is 7.90. The lowest BCUT2D eigenvalue weighted by Gasteiger charge is -2.29. The van der Waals surface area contributed by atoms with E-state index in [-0.39, 0.29) is 4.90 Å². The molecule has 6 heterocycles. The highest BCUT2D eigenvalue weighted by Gasteiger charge is 2.39. The zero-order chi connectivity index (χ0) is 26.6. The first-order valence-corrected chi connectivity index (χ1v) is 15.9. The molecule has 3 saturated heterocycles. The number of nitrogens with zero attached hydrogens (tertiary/aromatic N) is 5. The van der Waals surface area contributed by atoms with Crippen molar-refractivity contribution in [2.45, 2.75) is 42.2 Å². The van der Waals surface area contributed by atoms with Gasteiger partial charge < -0.3 is 20.3 Å². The minimum atomic E-state index is -3.30. The molecular weight excluding hydrogens is 534 g/mol. The number of fused-ring (bicyclic) bond motifs is 3. The van der Waals surface area contributed by atoms with Gasteiger partial charge in [-0.2, -0.15) is 4.98 Å². The van der Waals surface area contributed by atoms with Gasteiger partial charge in [0.15, 0.2) is 9.84 Å². The fourth-order valence-electron chi connectivity index (χ4n) is 5.67. The molecule has 202 valence electrons. The minimum Gasteiger partial charge on any atom is -0.381 e. The Morgan fingerprint density at radius 1 is 1.10 bits per heavy atom. The van der Waals surface area contributed by atoms with E-state index in [1.54, 1.807) is 24.4 Å². The number of piperazine rings is 1. The Morgan fingerprint density at radius 3 is 2.74 bits per heavy atom. The van der Waals surface area contributed by atoms with Crippen LogP contribution in [0.25, 0.3) is 20.8 Å². The number of pyridine rings is 1. The molecule has 0 saturated carbocycles. The summed E-state index contributed by atoms with van der Waals surface area (Å²) in [7, 11) is -3.30. The Kier molecular flexibility index (Phi) is 6.22. The zero-order valence-corrected chi connectivity index (χ0v) is 23.1. The molecule has 3 aliphatic heterocycles. The molecule has 2 bridgehead atoms. The molecule has 0 spiro atoms. The molecule has 0 unspecified atom stereocenters. The van der Waals surface area contributed by atoms with Gasteiger partial charge in [-0.05, 0) is 31.4 Å². The minimum absolute atomic E-state index is 0.279. The van der Waals surface area contributed by atoms with Crippen molar-refractivity contribution >= 4 is 49.0 Å². The van der Waals surface area contributed by atoms with Crippen LogP contribution in [0.5, 0.6) is 0 Å². The molecular formula is C27H29N7O3S2. The van der Waals surface area contributed by atoms with Gasteiger partial charge in [0.2, 0.25) is 5.95 Å². The lowest BCUT2D eigenvalue weighted by molar-refractivity contribution is 0.0845. The van der Waals surface area contributed by atoms with Gasteiger partial charge in [-0.3, -0.25) is 0 Å². The van der Waals surface area contributed by atoms with E-state index in [4.69, 9.17) is 19.7 Å². The fraction of sp³-hybridized carbons (Fsp3) is 0.407. The summed E-state index contributed by atoms with van der Waals surface area (Å²) in [5, 5.41) is 7.71. The van der Waals surface area contributed by atoms with Crippen LogP contribution in [0, 0.1) is 0 Å². The number of aromatic nitrogens is 4. The zero-order valence-electron chi connectivity index (χ0n) is 21.5. The van der Waals surface area contributed by atoms with Crippen molar-refractivity contribution in [3.05, 3.63) is 48.3 Å². The SMILES string of the molecule is CS(=O)(=O)c1cccc(-c2nc3cc(Nc4cc(C5CCOCC5)nc(N5C[C@@H]6C[C@H]5CN6)n4)ncc3s2)c1. The van der Waals surface area contributed by atoms with E-state index in [0.717, 1.165) is 83.8 Å². The van der Waals surface area contributed by atoms with Crippen molar-refractivity contribution in [3.63, 3.8) is 0 Å². The third-order valence-corrected chi connectivity index (χ3v) is 9.89. The van der Waals surface area contributed by atoms with Crippen molar-refractivity contribution in [3.8, 4) is 10.6 Å². The van der Waals surface area contributed by atoms with Crippen LogP contribution in [-0.4, -0.2) is 73.0 Å². The summed E-state index contributed by atoms with van der Waals surface area (Å²) in [4.78, 5) is 22.0. The highest BCUT2D eigenvalue weighted by atomic mass is 32.2. The van der Waals surface area contributed by atoms with Crippen molar-refractivity contribution in [1.29, 1.82) is 0 Å². The number of rotatable bonds is 6. The van der Waals surface area contributed by atoms with Gasteiger partial charge >= 0.3 is 0 Å². The summed E-state index contributed by atoms with van der Waals surface area (Å²) in [6.45, 7) is 3.40. The van der Waals surface area contributed by atoms with Gasteiger partial charge in [-0.15, -0.1) is 11.3 Å². The van der Waals surface area contributed by atoms with Crippen LogP contribution >= 0.6 is 11.3 Å². The average molecular weight is 564 g/mol. The van der Waals surface area contributed by atoms with E-state index in [0.29, 0.717) is 23.8 Å². The maximum Gasteiger partial charge on any atom is 0.227 e. The topological polar surface area (TPSA) is 122 Å². The average Bonchev–Trinajstić information content (AvgIpc) is 3.69. The smallest absolute Gasteiger partial charge is 0.227 e. The number of sulfone groups is 1. The highest BCUT2D eigenvalue weighted by Crippen LogP contribution is 2.34. The second-order valence-electron chi connectivity index (χ2n) is 10.5. The van der Waals surface area contributed by atoms with Gasteiger partial charge in [-0.25, -0.2) is 23.4 Å². The summed E-state index contributed by atoms with van der Waals surface area (Å²) < 4.78 is 30.6. The van der Waals surface area contributed by atoms with Crippen LogP contribution in [0.3, 0.4) is 0 Å². The van der Waals surface area contributed by atoms with E-state index >= 15 is 0 Å². The predicted molar refractivity (Wildman–Crippen MR) is 152 cm³/mol. The van der Waals surface area contributed by atoms with Crippen LogP contribution in [0.15, 0.2) is 47.5 Å². The maximum atomic E-state index is 12.0. The number of hydrogen-bond donors (Lipinski definition) is 2. The lowest BCUT2D eigenvalue weighted by Crippen LogP contribution is -2.44. The molecule has 0 radical (unpaired) electrons. The molecule has 3 aromatic heterocycles. The van der Waals surface area contributed by atoms with Gasteiger partial charge in [0, 0.05) is 74.5 Å². The van der Waals surface area contributed by atoms with Crippen molar-refractivity contribution in [1.82, 2.24) is 25.3 Å². The van der Waals surface area contributed by atoms with E-state index in [2.05, 4.69) is 20.5 Å². The molecule has 4 aromatic rings. The summed E-state index contributed by atoms with van der Waals surface area (Å²) in [6, 6.07) is 11.8. The van der Waals surface area contributed by atoms with Crippen molar-refractivity contribution in [2.75, 3.05) is 42.8 Å². The van der Waals surface area contributed by atoms with Crippen LogP contribution in [0.2, 0.25) is 0 Å². The molecule has 3 fully saturated rings.